The lowest BCUT2D eigenvalue weighted by Gasteiger charge is -2.22. The number of carbonyl (C=O) groups is 1. The summed E-state index contributed by atoms with van der Waals surface area (Å²) in [4.78, 5) is 11.5. The zero-order valence-electron chi connectivity index (χ0n) is 10.1. The Hall–Kier alpha value is -1.91. The van der Waals surface area contributed by atoms with Crippen molar-refractivity contribution in [1.29, 1.82) is 5.26 Å². The van der Waals surface area contributed by atoms with E-state index < -0.39 is 16.1 Å². The minimum atomic E-state index is -3.79. The van der Waals surface area contributed by atoms with Crippen LogP contribution in [-0.4, -0.2) is 26.9 Å². The summed E-state index contributed by atoms with van der Waals surface area (Å²) >= 11 is 0. The number of nitrogens with one attached hydrogen (secondary N) is 2. The molecule has 7 heteroatoms. The van der Waals surface area contributed by atoms with E-state index in [-0.39, 0.29) is 16.4 Å². The van der Waals surface area contributed by atoms with Gasteiger partial charge in [0.25, 0.3) is 0 Å². The van der Waals surface area contributed by atoms with E-state index in [1.54, 1.807) is 0 Å². The van der Waals surface area contributed by atoms with Crippen LogP contribution >= 0.6 is 0 Å². The number of amides is 1. The van der Waals surface area contributed by atoms with Crippen molar-refractivity contribution < 1.29 is 13.2 Å². The molecule has 1 fully saturated rings. The zero-order valence-corrected chi connectivity index (χ0v) is 10.9. The maximum absolute atomic E-state index is 12.1. The van der Waals surface area contributed by atoms with Crippen LogP contribution in [0.5, 0.6) is 0 Å². The van der Waals surface area contributed by atoms with E-state index in [1.807, 2.05) is 6.07 Å². The maximum Gasteiger partial charge on any atom is 0.241 e. The molecule has 1 aromatic carbocycles. The van der Waals surface area contributed by atoms with Gasteiger partial charge in [-0.2, -0.15) is 9.98 Å². The molecule has 0 aromatic heterocycles. The highest BCUT2D eigenvalue weighted by atomic mass is 32.2. The van der Waals surface area contributed by atoms with E-state index in [9.17, 15) is 13.2 Å². The Kier molecular flexibility index (Phi) is 3.83. The second-order valence-electron chi connectivity index (χ2n) is 4.25. The molecule has 6 nitrogen and oxygen atoms in total. The highest BCUT2D eigenvalue weighted by Gasteiger charge is 2.27. The number of carbonyl (C=O) groups excluding carboxylic acids is 1. The normalized spacial score (nSPS) is 19.5. The average molecular weight is 279 g/mol. The number of hydrogen-bond donors (Lipinski definition) is 2. The molecule has 0 spiro atoms. The molecule has 1 amide bonds. The monoisotopic (exact) mass is 279 g/mol. The van der Waals surface area contributed by atoms with Crippen molar-refractivity contribution in [3.63, 3.8) is 0 Å². The van der Waals surface area contributed by atoms with Crippen molar-refractivity contribution in [1.82, 2.24) is 10.0 Å². The van der Waals surface area contributed by atoms with Gasteiger partial charge >= 0.3 is 0 Å². The lowest BCUT2D eigenvalue weighted by molar-refractivity contribution is -0.124. The van der Waals surface area contributed by atoms with Gasteiger partial charge in [0.2, 0.25) is 15.9 Å². The molecule has 0 radical (unpaired) electrons. The first-order chi connectivity index (χ1) is 9.03. The van der Waals surface area contributed by atoms with Crippen LogP contribution < -0.4 is 10.0 Å². The Morgan fingerprint density at radius 2 is 2.21 bits per heavy atom. The van der Waals surface area contributed by atoms with Gasteiger partial charge in [-0.3, -0.25) is 4.79 Å². The van der Waals surface area contributed by atoms with E-state index in [4.69, 9.17) is 5.26 Å². The molecule has 1 aliphatic rings. The van der Waals surface area contributed by atoms with Crippen LogP contribution in [0.1, 0.15) is 18.4 Å². The van der Waals surface area contributed by atoms with Crippen molar-refractivity contribution in [2.45, 2.75) is 23.8 Å². The molecule has 100 valence electrons. The topological polar surface area (TPSA) is 99.1 Å². The summed E-state index contributed by atoms with van der Waals surface area (Å²) < 4.78 is 26.6. The van der Waals surface area contributed by atoms with Gasteiger partial charge < -0.3 is 5.32 Å². The van der Waals surface area contributed by atoms with Gasteiger partial charge in [0.1, 0.15) is 6.04 Å². The summed E-state index contributed by atoms with van der Waals surface area (Å²) in [6.07, 6.45) is 1.21. The Bertz CT molecular complexity index is 634. The van der Waals surface area contributed by atoms with E-state index >= 15 is 0 Å². The highest BCUT2D eigenvalue weighted by molar-refractivity contribution is 7.89. The average Bonchev–Trinajstić information content (AvgIpc) is 2.41. The molecule has 1 aliphatic heterocycles. The number of benzene rings is 1. The molecule has 1 unspecified atom stereocenters. The highest BCUT2D eigenvalue weighted by Crippen LogP contribution is 2.13. The van der Waals surface area contributed by atoms with Crippen molar-refractivity contribution in [3.8, 4) is 6.07 Å². The molecule has 2 rings (SSSR count). The molecular formula is C12H13N3O3S. The molecule has 1 saturated heterocycles. The van der Waals surface area contributed by atoms with Crippen molar-refractivity contribution in [2.75, 3.05) is 6.54 Å². The van der Waals surface area contributed by atoms with Gasteiger partial charge in [0.05, 0.1) is 16.5 Å². The third-order valence-electron chi connectivity index (χ3n) is 2.86. The first-order valence-electron chi connectivity index (χ1n) is 5.83. The molecule has 1 atom stereocenters. The summed E-state index contributed by atoms with van der Waals surface area (Å²) in [7, 11) is -3.79. The van der Waals surface area contributed by atoms with Gasteiger partial charge in [0, 0.05) is 6.54 Å². The van der Waals surface area contributed by atoms with Crippen LogP contribution in [-0.2, 0) is 14.8 Å². The summed E-state index contributed by atoms with van der Waals surface area (Å²) in [6.45, 7) is 0.570. The maximum atomic E-state index is 12.1. The fraction of sp³-hybridized carbons (Fsp3) is 0.333. The predicted octanol–water partition coefficient (Wildman–Crippen LogP) is 0.115. The summed E-state index contributed by atoms with van der Waals surface area (Å²) in [5.74, 6) is -0.314. The fourth-order valence-corrected chi connectivity index (χ4v) is 3.15. The second-order valence-corrected chi connectivity index (χ2v) is 5.96. The Morgan fingerprint density at radius 3 is 2.89 bits per heavy atom. The van der Waals surface area contributed by atoms with Gasteiger partial charge in [-0.25, -0.2) is 8.42 Å². The molecule has 2 N–H and O–H groups in total. The largest absolute Gasteiger partial charge is 0.355 e. The minimum Gasteiger partial charge on any atom is -0.355 e. The van der Waals surface area contributed by atoms with Gasteiger partial charge in [0.15, 0.2) is 0 Å². The molecule has 1 aromatic rings. The summed E-state index contributed by atoms with van der Waals surface area (Å²) in [6, 6.07) is 6.82. The van der Waals surface area contributed by atoms with Crippen LogP contribution in [0.25, 0.3) is 0 Å². The first-order valence-corrected chi connectivity index (χ1v) is 7.31. The summed E-state index contributed by atoms with van der Waals surface area (Å²) in [5, 5.41) is 11.4. The molecule has 0 bridgehead atoms. The number of nitriles is 1. The number of nitrogens with zero attached hydrogens (tertiary/aromatic N) is 1. The first kappa shape index (κ1) is 13.5. The molecular weight excluding hydrogens is 266 g/mol. The van der Waals surface area contributed by atoms with E-state index in [2.05, 4.69) is 10.0 Å². The Balaban J connectivity index is 2.22. The molecule has 19 heavy (non-hydrogen) atoms. The van der Waals surface area contributed by atoms with Crippen LogP contribution in [0, 0.1) is 11.3 Å². The Morgan fingerprint density at radius 1 is 1.42 bits per heavy atom. The number of rotatable bonds is 3. The van der Waals surface area contributed by atoms with Gasteiger partial charge in [-0.15, -0.1) is 0 Å². The minimum absolute atomic E-state index is 0.00933. The summed E-state index contributed by atoms with van der Waals surface area (Å²) in [5.41, 5.74) is 0.260. The van der Waals surface area contributed by atoms with Crippen LogP contribution in [0.3, 0.4) is 0 Å². The van der Waals surface area contributed by atoms with Crippen molar-refractivity contribution in [2.24, 2.45) is 0 Å². The number of sulfonamides is 1. The van der Waals surface area contributed by atoms with E-state index in [1.165, 1.54) is 24.3 Å². The number of piperidine rings is 1. The van der Waals surface area contributed by atoms with Gasteiger partial charge in [-0.05, 0) is 31.0 Å². The van der Waals surface area contributed by atoms with Crippen LogP contribution in [0.15, 0.2) is 29.2 Å². The third-order valence-corrected chi connectivity index (χ3v) is 4.33. The zero-order chi connectivity index (χ0) is 13.9. The smallest absolute Gasteiger partial charge is 0.241 e. The molecule has 0 saturated carbocycles. The lowest BCUT2D eigenvalue weighted by Crippen LogP contribution is -2.50. The van der Waals surface area contributed by atoms with Gasteiger partial charge in [-0.1, -0.05) is 6.07 Å². The quantitative estimate of drug-likeness (QED) is 0.820. The number of hydrogen-bond acceptors (Lipinski definition) is 4. The van der Waals surface area contributed by atoms with Crippen molar-refractivity contribution >= 4 is 15.9 Å². The molecule has 0 aliphatic carbocycles. The fourth-order valence-electron chi connectivity index (χ4n) is 1.87. The van der Waals surface area contributed by atoms with E-state index in [0.29, 0.717) is 13.0 Å². The van der Waals surface area contributed by atoms with E-state index in [0.717, 1.165) is 6.42 Å². The van der Waals surface area contributed by atoms with Crippen molar-refractivity contribution in [3.05, 3.63) is 29.8 Å². The third kappa shape index (κ3) is 3.10. The molecule has 1 heterocycles. The second kappa shape index (κ2) is 5.38. The predicted molar refractivity (Wildman–Crippen MR) is 67.5 cm³/mol. The van der Waals surface area contributed by atoms with Crippen LogP contribution in [0.2, 0.25) is 0 Å². The lowest BCUT2D eigenvalue weighted by atomic mass is 10.1. The Labute approximate surface area is 111 Å². The van der Waals surface area contributed by atoms with Crippen LogP contribution in [0.4, 0.5) is 0 Å². The SMILES string of the molecule is N#Cc1cccc(S(=O)(=O)NC2CCCNC2=O)c1. The standard InChI is InChI=1S/C12H13N3O3S/c13-8-9-3-1-4-10(7-9)19(17,18)15-11-5-2-6-14-12(11)16/h1,3-4,7,11,15H,2,5-6H2,(H,14,16).